The molecule has 0 aliphatic rings. The van der Waals surface area contributed by atoms with Crippen LogP contribution in [-0.2, 0) is 0 Å². The third-order valence-corrected chi connectivity index (χ3v) is 1.53. The van der Waals surface area contributed by atoms with Crippen LogP contribution in [0.3, 0.4) is 0 Å². The molecule has 0 aromatic rings. The maximum Gasteiger partial charge on any atom is 0.0496 e. The Morgan fingerprint density at radius 3 is 2.20 bits per heavy atom. The maximum atomic E-state index is 4.50. The van der Waals surface area contributed by atoms with Gasteiger partial charge in [-0.3, -0.25) is 4.99 Å². The average molecular weight is 141 g/mol. The Labute approximate surface area is 64.6 Å². The summed E-state index contributed by atoms with van der Waals surface area (Å²) in [4.78, 5) is 4.50. The highest BCUT2D eigenvalue weighted by atomic mass is 14.8. The minimum atomic E-state index is 0.579. The van der Waals surface area contributed by atoms with Crippen molar-refractivity contribution in [1.82, 2.24) is 0 Å². The molecule has 0 aliphatic carbocycles. The van der Waals surface area contributed by atoms with E-state index in [4.69, 9.17) is 0 Å². The van der Waals surface area contributed by atoms with E-state index in [-0.39, 0.29) is 0 Å². The zero-order valence-electron chi connectivity index (χ0n) is 7.65. The van der Waals surface area contributed by atoms with Crippen LogP contribution in [0.2, 0.25) is 0 Å². The lowest BCUT2D eigenvalue weighted by molar-refractivity contribution is 0.589. The van der Waals surface area contributed by atoms with Crippen LogP contribution in [-0.4, -0.2) is 11.8 Å². The first-order valence-corrected chi connectivity index (χ1v) is 4.21. The Hall–Kier alpha value is -0.330. The van der Waals surface area contributed by atoms with Crippen LogP contribution in [0.15, 0.2) is 4.99 Å². The molecule has 0 aromatic carbocycles. The highest BCUT2D eigenvalue weighted by Crippen LogP contribution is 2.05. The van der Waals surface area contributed by atoms with Crippen LogP contribution >= 0.6 is 0 Å². The molecular weight excluding hydrogens is 122 g/mol. The molecule has 60 valence electrons. The summed E-state index contributed by atoms with van der Waals surface area (Å²) in [7, 11) is 0. The molecule has 0 amide bonds. The molecule has 0 N–H and O–H groups in total. The second-order valence-electron chi connectivity index (χ2n) is 2.93. The summed E-state index contributed by atoms with van der Waals surface area (Å²) < 4.78 is 0. The quantitative estimate of drug-likeness (QED) is 0.534. The second kappa shape index (κ2) is 5.45. The number of aliphatic imine (C=N–C) groups is 1. The highest BCUT2D eigenvalue weighted by Gasteiger charge is 1.99. The Morgan fingerprint density at radius 2 is 1.90 bits per heavy atom. The smallest absolute Gasteiger partial charge is 0.0496 e. The average Bonchev–Trinajstić information content (AvgIpc) is 1.86. The molecule has 1 heteroatoms. The lowest BCUT2D eigenvalue weighted by Crippen LogP contribution is -2.03. The van der Waals surface area contributed by atoms with Gasteiger partial charge in [-0.1, -0.05) is 20.3 Å². The predicted octanol–water partition coefficient (Wildman–Crippen LogP) is 3.05. The fraction of sp³-hybridized carbons (Fsp3) is 0.889. The Bertz CT molecular complexity index is 101. The molecule has 1 unspecified atom stereocenters. The molecule has 1 nitrogen and oxygen atoms in total. The second-order valence-corrected chi connectivity index (χ2v) is 2.93. The zero-order valence-corrected chi connectivity index (χ0v) is 7.65. The highest BCUT2D eigenvalue weighted by molar-refractivity contribution is 5.79. The van der Waals surface area contributed by atoms with Crippen molar-refractivity contribution in [3.8, 4) is 0 Å². The summed E-state index contributed by atoms with van der Waals surface area (Å²) in [6.07, 6.45) is 3.66. The maximum absolute atomic E-state index is 4.50. The van der Waals surface area contributed by atoms with Gasteiger partial charge in [-0.15, -0.1) is 0 Å². The van der Waals surface area contributed by atoms with Crippen molar-refractivity contribution in [3.63, 3.8) is 0 Å². The molecule has 0 saturated heterocycles. The minimum absolute atomic E-state index is 0.579. The SMILES string of the molecule is CCCC(CC)N=C(C)C. The zero-order chi connectivity index (χ0) is 7.98. The number of rotatable bonds is 4. The third-order valence-electron chi connectivity index (χ3n) is 1.53. The number of hydrogen-bond acceptors (Lipinski definition) is 1. The summed E-state index contributed by atoms with van der Waals surface area (Å²) >= 11 is 0. The monoisotopic (exact) mass is 141 g/mol. The van der Waals surface area contributed by atoms with Gasteiger partial charge in [0.05, 0.1) is 0 Å². The molecule has 0 saturated carbocycles. The van der Waals surface area contributed by atoms with Gasteiger partial charge in [0.25, 0.3) is 0 Å². The van der Waals surface area contributed by atoms with Gasteiger partial charge in [-0.25, -0.2) is 0 Å². The van der Waals surface area contributed by atoms with Crippen molar-refractivity contribution < 1.29 is 0 Å². The van der Waals surface area contributed by atoms with E-state index in [2.05, 4.69) is 32.7 Å². The van der Waals surface area contributed by atoms with E-state index in [0.29, 0.717) is 6.04 Å². The summed E-state index contributed by atoms with van der Waals surface area (Å²) in [6, 6.07) is 0.579. The van der Waals surface area contributed by atoms with Gasteiger partial charge < -0.3 is 0 Å². The van der Waals surface area contributed by atoms with Crippen molar-refractivity contribution >= 4 is 5.71 Å². The molecule has 1 atom stereocenters. The number of hydrogen-bond donors (Lipinski definition) is 0. The van der Waals surface area contributed by atoms with Crippen molar-refractivity contribution in [2.24, 2.45) is 4.99 Å². The van der Waals surface area contributed by atoms with Crippen molar-refractivity contribution in [1.29, 1.82) is 0 Å². The molecule has 0 bridgehead atoms. The molecule has 0 aromatic heterocycles. The van der Waals surface area contributed by atoms with Gasteiger partial charge in [0.15, 0.2) is 0 Å². The van der Waals surface area contributed by atoms with E-state index in [1.807, 2.05) is 0 Å². The summed E-state index contributed by atoms with van der Waals surface area (Å²) in [5.74, 6) is 0. The molecule has 0 spiro atoms. The number of nitrogens with zero attached hydrogens (tertiary/aromatic N) is 1. The molecule has 0 fully saturated rings. The standard InChI is InChI=1S/C9H19N/c1-5-7-9(6-2)10-8(3)4/h9H,5-7H2,1-4H3. The molecular formula is C9H19N. The van der Waals surface area contributed by atoms with Crippen molar-refractivity contribution in [3.05, 3.63) is 0 Å². The van der Waals surface area contributed by atoms with Crippen LogP contribution in [0.25, 0.3) is 0 Å². The normalized spacial score (nSPS) is 12.8. The fourth-order valence-corrected chi connectivity index (χ4v) is 1.06. The van der Waals surface area contributed by atoms with E-state index in [1.54, 1.807) is 0 Å². The van der Waals surface area contributed by atoms with Gasteiger partial charge in [0.2, 0.25) is 0 Å². The van der Waals surface area contributed by atoms with E-state index in [1.165, 1.54) is 25.0 Å². The van der Waals surface area contributed by atoms with Crippen molar-refractivity contribution in [2.75, 3.05) is 0 Å². The molecule has 0 radical (unpaired) electrons. The van der Waals surface area contributed by atoms with Crippen LogP contribution in [0.1, 0.15) is 47.0 Å². The van der Waals surface area contributed by atoms with Crippen LogP contribution < -0.4 is 0 Å². The molecule has 0 heterocycles. The molecule has 0 rings (SSSR count). The first-order chi connectivity index (χ1) is 4.70. The van der Waals surface area contributed by atoms with Crippen molar-refractivity contribution in [2.45, 2.75) is 53.0 Å². The van der Waals surface area contributed by atoms with Gasteiger partial charge in [0.1, 0.15) is 0 Å². The van der Waals surface area contributed by atoms with Gasteiger partial charge in [-0.05, 0) is 26.7 Å². The van der Waals surface area contributed by atoms with Gasteiger partial charge in [-0.2, -0.15) is 0 Å². The van der Waals surface area contributed by atoms with Crippen LogP contribution in [0.5, 0.6) is 0 Å². The summed E-state index contributed by atoms with van der Waals surface area (Å²) in [6.45, 7) is 8.55. The van der Waals surface area contributed by atoms with E-state index in [9.17, 15) is 0 Å². The Kier molecular flexibility index (Phi) is 5.27. The van der Waals surface area contributed by atoms with E-state index in [0.717, 1.165) is 0 Å². The first-order valence-electron chi connectivity index (χ1n) is 4.21. The first kappa shape index (κ1) is 9.67. The predicted molar refractivity (Wildman–Crippen MR) is 47.8 cm³/mol. The molecule has 10 heavy (non-hydrogen) atoms. The Balaban J connectivity index is 3.71. The lowest BCUT2D eigenvalue weighted by atomic mass is 10.1. The van der Waals surface area contributed by atoms with Crippen LogP contribution in [0.4, 0.5) is 0 Å². The van der Waals surface area contributed by atoms with E-state index < -0.39 is 0 Å². The largest absolute Gasteiger partial charge is 0.291 e. The minimum Gasteiger partial charge on any atom is -0.291 e. The lowest BCUT2D eigenvalue weighted by Gasteiger charge is -2.07. The fourth-order valence-electron chi connectivity index (χ4n) is 1.06. The topological polar surface area (TPSA) is 12.4 Å². The molecule has 0 aliphatic heterocycles. The summed E-state index contributed by atoms with van der Waals surface area (Å²) in [5.41, 5.74) is 1.21. The van der Waals surface area contributed by atoms with Crippen LogP contribution in [0, 0.1) is 0 Å². The third kappa shape index (κ3) is 4.54. The van der Waals surface area contributed by atoms with Gasteiger partial charge >= 0.3 is 0 Å². The summed E-state index contributed by atoms with van der Waals surface area (Å²) in [5, 5.41) is 0. The Morgan fingerprint density at radius 1 is 1.30 bits per heavy atom. The van der Waals surface area contributed by atoms with Gasteiger partial charge in [0, 0.05) is 11.8 Å². The van der Waals surface area contributed by atoms with E-state index >= 15 is 0 Å².